The molecule has 0 aliphatic rings. The Bertz CT molecular complexity index is 489. The summed E-state index contributed by atoms with van der Waals surface area (Å²) in [4.78, 5) is 1.15. The Hall–Kier alpha value is -0.820. The Morgan fingerprint density at radius 3 is 2.35 bits per heavy atom. The first-order valence-electron chi connectivity index (χ1n) is 4.91. The average Bonchev–Trinajstić information content (AvgIpc) is 2.15. The number of nitrogens with zero attached hydrogens (tertiary/aromatic N) is 1. The Morgan fingerprint density at radius 2 is 1.94 bits per heavy atom. The smallest absolute Gasteiger partial charge is 0.286 e. The molecule has 0 bridgehead atoms. The maximum Gasteiger partial charge on any atom is 0.286 e. The van der Waals surface area contributed by atoms with E-state index in [0.29, 0.717) is 10.7 Å². The maximum atomic E-state index is 11.1. The number of benzene rings is 1. The zero-order chi connectivity index (χ0) is 13.2. The number of halogens is 1. The van der Waals surface area contributed by atoms with Crippen LogP contribution in [0.1, 0.15) is 13.8 Å². The number of aliphatic hydroxyl groups excluding tert-OH is 1. The third-order valence-electron chi connectivity index (χ3n) is 2.33. The van der Waals surface area contributed by atoms with Crippen molar-refractivity contribution >= 4 is 27.4 Å². The topological polar surface area (TPSA) is 77.8 Å². The molecule has 0 aliphatic carbocycles. The van der Waals surface area contributed by atoms with Crippen LogP contribution >= 0.6 is 11.6 Å². The van der Waals surface area contributed by atoms with Gasteiger partial charge < -0.3 is 10.0 Å². The molecule has 17 heavy (non-hydrogen) atoms. The molecule has 0 saturated heterocycles. The van der Waals surface area contributed by atoms with E-state index in [1.807, 2.05) is 0 Å². The zero-order valence-corrected chi connectivity index (χ0v) is 11.0. The van der Waals surface area contributed by atoms with E-state index in [4.69, 9.17) is 16.2 Å². The fraction of sp³-hybridized carbons (Fsp3) is 0.400. The van der Waals surface area contributed by atoms with Gasteiger partial charge in [-0.1, -0.05) is 17.7 Å². The fourth-order valence-corrected chi connectivity index (χ4v) is 2.28. The fourth-order valence-electron chi connectivity index (χ4n) is 1.51. The molecule has 0 radical (unpaired) electrons. The van der Waals surface area contributed by atoms with E-state index in [1.165, 1.54) is 19.9 Å². The van der Waals surface area contributed by atoms with E-state index < -0.39 is 21.7 Å². The molecule has 0 saturated carbocycles. The van der Waals surface area contributed by atoms with Crippen LogP contribution in [0.15, 0.2) is 24.3 Å². The standard InChI is InChI=1S/C10H14ClNO4S/c1-7(13)12(8(2)17(14,15)16)10-5-3-4-9(11)6-10/h3-8,13H,1-2H3,(H,14,15,16). The second kappa shape index (κ2) is 5.22. The van der Waals surface area contributed by atoms with Crippen LogP contribution in [0.5, 0.6) is 0 Å². The summed E-state index contributed by atoms with van der Waals surface area (Å²) in [6, 6.07) is 6.36. The summed E-state index contributed by atoms with van der Waals surface area (Å²) >= 11 is 5.79. The molecule has 5 nitrogen and oxygen atoms in total. The predicted molar refractivity (Wildman–Crippen MR) is 66.6 cm³/mol. The molecule has 0 aromatic heterocycles. The lowest BCUT2D eigenvalue weighted by atomic mass is 10.3. The molecule has 2 N–H and O–H groups in total. The van der Waals surface area contributed by atoms with Gasteiger partial charge in [-0.25, -0.2) is 0 Å². The van der Waals surface area contributed by atoms with Gasteiger partial charge in [0, 0.05) is 10.7 Å². The van der Waals surface area contributed by atoms with Gasteiger partial charge in [-0.15, -0.1) is 0 Å². The van der Waals surface area contributed by atoms with Crippen molar-refractivity contribution in [3.8, 4) is 0 Å². The molecule has 1 rings (SSSR count). The number of hydrogen-bond acceptors (Lipinski definition) is 4. The SMILES string of the molecule is CC(O)N(c1cccc(Cl)c1)C(C)S(=O)(=O)O. The number of anilines is 1. The molecule has 1 aromatic carbocycles. The van der Waals surface area contributed by atoms with Crippen LogP contribution in [0.4, 0.5) is 5.69 Å². The van der Waals surface area contributed by atoms with E-state index in [2.05, 4.69) is 0 Å². The molecular weight excluding hydrogens is 266 g/mol. The lowest BCUT2D eigenvalue weighted by molar-refractivity contribution is 0.184. The molecule has 2 atom stereocenters. The second-order valence-electron chi connectivity index (χ2n) is 3.63. The van der Waals surface area contributed by atoms with Gasteiger partial charge >= 0.3 is 0 Å². The van der Waals surface area contributed by atoms with Gasteiger partial charge in [-0.2, -0.15) is 8.42 Å². The Morgan fingerprint density at radius 1 is 1.35 bits per heavy atom. The molecule has 0 spiro atoms. The molecule has 96 valence electrons. The van der Waals surface area contributed by atoms with E-state index in [1.54, 1.807) is 18.2 Å². The van der Waals surface area contributed by atoms with E-state index in [-0.39, 0.29) is 0 Å². The van der Waals surface area contributed by atoms with Crippen molar-refractivity contribution in [1.82, 2.24) is 0 Å². The molecule has 7 heteroatoms. The first kappa shape index (κ1) is 14.2. The molecular formula is C10H14ClNO4S. The maximum absolute atomic E-state index is 11.1. The van der Waals surface area contributed by atoms with Crippen molar-refractivity contribution in [2.45, 2.75) is 25.4 Å². The van der Waals surface area contributed by atoms with E-state index in [0.717, 1.165) is 4.90 Å². The molecule has 0 fully saturated rings. The van der Waals surface area contributed by atoms with Gasteiger partial charge in [-0.05, 0) is 32.0 Å². The summed E-state index contributed by atoms with van der Waals surface area (Å²) in [5.41, 5.74) is 0.414. The monoisotopic (exact) mass is 279 g/mol. The van der Waals surface area contributed by atoms with Gasteiger partial charge in [0.1, 0.15) is 6.23 Å². The third-order valence-corrected chi connectivity index (χ3v) is 3.66. The summed E-state index contributed by atoms with van der Waals surface area (Å²) in [6.07, 6.45) is -1.08. The van der Waals surface area contributed by atoms with Gasteiger partial charge in [0.25, 0.3) is 10.1 Å². The van der Waals surface area contributed by atoms with Crippen LogP contribution < -0.4 is 4.90 Å². The Balaban J connectivity index is 3.19. The van der Waals surface area contributed by atoms with Crippen molar-refractivity contribution in [2.75, 3.05) is 4.90 Å². The summed E-state index contributed by atoms with van der Waals surface area (Å²) in [7, 11) is -4.29. The van der Waals surface area contributed by atoms with Gasteiger partial charge in [0.2, 0.25) is 0 Å². The average molecular weight is 280 g/mol. The second-order valence-corrected chi connectivity index (χ2v) is 5.78. The first-order valence-corrected chi connectivity index (χ1v) is 6.80. The molecule has 0 amide bonds. The van der Waals surface area contributed by atoms with Crippen LogP contribution in [0.3, 0.4) is 0 Å². The van der Waals surface area contributed by atoms with Gasteiger partial charge in [-0.3, -0.25) is 4.55 Å². The minimum atomic E-state index is -4.29. The molecule has 0 heterocycles. The Labute approximate surface area is 105 Å². The Kier molecular flexibility index (Phi) is 4.37. The van der Waals surface area contributed by atoms with Crippen LogP contribution in [-0.2, 0) is 10.1 Å². The van der Waals surface area contributed by atoms with E-state index in [9.17, 15) is 13.5 Å². The number of aliphatic hydroxyl groups is 1. The molecule has 0 aliphatic heterocycles. The highest BCUT2D eigenvalue weighted by Crippen LogP contribution is 2.24. The quantitative estimate of drug-likeness (QED) is 0.648. The van der Waals surface area contributed by atoms with Crippen LogP contribution in [0.25, 0.3) is 0 Å². The minimum Gasteiger partial charge on any atom is -0.374 e. The van der Waals surface area contributed by atoms with E-state index >= 15 is 0 Å². The summed E-state index contributed by atoms with van der Waals surface area (Å²) in [5.74, 6) is 0. The largest absolute Gasteiger partial charge is 0.374 e. The van der Waals surface area contributed by atoms with Crippen LogP contribution in [0.2, 0.25) is 5.02 Å². The van der Waals surface area contributed by atoms with Gasteiger partial charge in [0.05, 0.1) is 0 Å². The summed E-state index contributed by atoms with van der Waals surface area (Å²) in [5, 5.41) is 8.75. The van der Waals surface area contributed by atoms with Crippen LogP contribution in [0, 0.1) is 0 Å². The lowest BCUT2D eigenvalue weighted by Crippen LogP contribution is -2.44. The van der Waals surface area contributed by atoms with Crippen molar-refractivity contribution in [2.24, 2.45) is 0 Å². The predicted octanol–water partition coefficient (Wildman–Crippen LogP) is 1.72. The number of rotatable bonds is 4. The summed E-state index contributed by atoms with van der Waals surface area (Å²) in [6.45, 7) is 2.69. The number of hydrogen-bond donors (Lipinski definition) is 2. The molecule has 1 aromatic rings. The van der Waals surface area contributed by atoms with Crippen LogP contribution in [-0.4, -0.2) is 29.7 Å². The van der Waals surface area contributed by atoms with Crippen molar-refractivity contribution < 1.29 is 18.1 Å². The minimum absolute atomic E-state index is 0.413. The van der Waals surface area contributed by atoms with Crippen molar-refractivity contribution in [3.05, 3.63) is 29.3 Å². The normalized spacial score (nSPS) is 15.4. The highest BCUT2D eigenvalue weighted by atomic mass is 35.5. The van der Waals surface area contributed by atoms with Crippen molar-refractivity contribution in [3.63, 3.8) is 0 Å². The lowest BCUT2D eigenvalue weighted by Gasteiger charge is -2.31. The van der Waals surface area contributed by atoms with Gasteiger partial charge in [0.15, 0.2) is 5.37 Å². The summed E-state index contributed by atoms with van der Waals surface area (Å²) < 4.78 is 31.2. The van der Waals surface area contributed by atoms with Crippen molar-refractivity contribution in [1.29, 1.82) is 0 Å². The zero-order valence-electron chi connectivity index (χ0n) is 9.41. The highest BCUT2D eigenvalue weighted by Gasteiger charge is 2.28. The molecule has 2 unspecified atom stereocenters. The third kappa shape index (κ3) is 3.57. The highest BCUT2D eigenvalue weighted by molar-refractivity contribution is 7.86. The first-order chi connectivity index (χ1) is 7.73.